The molecule has 0 amide bonds. The minimum absolute atomic E-state index is 0.00450. The van der Waals surface area contributed by atoms with Gasteiger partial charge in [-0.3, -0.25) is 0 Å². The topological polar surface area (TPSA) is 21.8 Å². The first-order valence-electron chi connectivity index (χ1n) is 9.35. The normalized spacial score (nSPS) is 19.7. The van der Waals surface area contributed by atoms with Gasteiger partial charge < -0.3 is 9.47 Å². The average Bonchev–Trinajstić information content (AvgIpc) is 3.27. The highest BCUT2D eigenvalue weighted by Gasteiger charge is 2.32. The lowest BCUT2D eigenvalue weighted by Gasteiger charge is -2.35. The van der Waals surface area contributed by atoms with E-state index in [1.807, 2.05) is 0 Å². The van der Waals surface area contributed by atoms with E-state index in [9.17, 15) is 0 Å². The van der Waals surface area contributed by atoms with Crippen LogP contribution in [0.25, 0.3) is 0 Å². The second-order valence-electron chi connectivity index (χ2n) is 7.27. The average molecular weight is 299 g/mol. The number of hydrogen-bond acceptors (Lipinski definition) is 2. The highest BCUT2D eigenvalue weighted by atomic mass is 16.6. The van der Waals surface area contributed by atoms with Gasteiger partial charge in [0.25, 0.3) is 0 Å². The molecule has 1 fully saturated rings. The Morgan fingerprint density at radius 2 is 1.52 bits per heavy atom. The molecule has 0 saturated carbocycles. The Labute approximate surface area is 133 Å². The van der Waals surface area contributed by atoms with E-state index in [2.05, 4.69) is 27.7 Å². The van der Waals surface area contributed by atoms with Crippen molar-refractivity contribution in [3.05, 3.63) is 0 Å². The molecule has 0 radical (unpaired) electrons. The summed E-state index contributed by atoms with van der Waals surface area (Å²) in [7, 11) is 0. The van der Waals surface area contributed by atoms with Crippen LogP contribution in [0, 0.1) is 5.92 Å². The molecule has 0 aliphatic carbocycles. The van der Waals surface area contributed by atoms with Crippen molar-refractivity contribution in [1.82, 2.24) is 0 Å². The molecule has 1 rings (SSSR count). The van der Waals surface area contributed by atoms with Crippen molar-refractivity contribution in [3.8, 4) is 0 Å². The second-order valence-corrected chi connectivity index (χ2v) is 7.27. The maximum atomic E-state index is 6.18. The Kier molecular flexibility index (Phi) is 9.59. The fourth-order valence-corrected chi connectivity index (χ4v) is 3.05. The fraction of sp³-hybridized carbons (Fsp3) is 1.00. The summed E-state index contributed by atoms with van der Waals surface area (Å²) >= 11 is 0. The van der Waals surface area contributed by atoms with Crippen LogP contribution in [-0.4, -0.2) is 24.9 Å². The number of unbranched alkanes of at least 4 members (excludes halogenated alkanes) is 6. The van der Waals surface area contributed by atoms with Gasteiger partial charge in [-0.1, -0.05) is 65.2 Å². The van der Waals surface area contributed by atoms with Gasteiger partial charge in [-0.05, 0) is 32.6 Å². The van der Waals surface area contributed by atoms with E-state index in [1.54, 1.807) is 0 Å². The van der Waals surface area contributed by atoms with Crippen LogP contribution in [0.3, 0.4) is 0 Å². The maximum Gasteiger partial charge on any atom is 0.104 e. The van der Waals surface area contributed by atoms with E-state index in [0.29, 0.717) is 12.0 Å². The molecular weight excluding hydrogens is 260 g/mol. The van der Waals surface area contributed by atoms with Crippen molar-refractivity contribution in [2.75, 3.05) is 13.2 Å². The van der Waals surface area contributed by atoms with Crippen LogP contribution in [0.15, 0.2) is 0 Å². The lowest BCUT2D eigenvalue weighted by Crippen LogP contribution is -2.36. The minimum atomic E-state index is 0.00450. The Hall–Kier alpha value is -0.0800. The number of epoxide rings is 1. The molecule has 21 heavy (non-hydrogen) atoms. The quantitative estimate of drug-likeness (QED) is 0.301. The minimum Gasteiger partial charge on any atom is -0.373 e. The Morgan fingerprint density at radius 1 is 0.952 bits per heavy atom. The van der Waals surface area contributed by atoms with Crippen LogP contribution in [-0.2, 0) is 9.47 Å². The van der Waals surface area contributed by atoms with E-state index >= 15 is 0 Å². The molecule has 2 nitrogen and oxygen atoms in total. The molecule has 2 heteroatoms. The fourth-order valence-electron chi connectivity index (χ4n) is 3.05. The summed E-state index contributed by atoms with van der Waals surface area (Å²) in [5.74, 6) is 0.697. The van der Waals surface area contributed by atoms with Crippen LogP contribution in [0.1, 0.15) is 91.9 Å². The molecule has 0 bridgehead atoms. The standard InChI is InChI=1S/C19H38O2/c1-5-7-9-10-11-12-14-17(13-8-6-2)19(3,4)21-16-18-15-20-18/h17-18H,5-16H2,1-4H3. The van der Waals surface area contributed by atoms with Crippen molar-refractivity contribution >= 4 is 0 Å². The van der Waals surface area contributed by atoms with Gasteiger partial charge in [0.2, 0.25) is 0 Å². The van der Waals surface area contributed by atoms with Crippen LogP contribution >= 0.6 is 0 Å². The Bertz CT molecular complexity index is 246. The van der Waals surface area contributed by atoms with Gasteiger partial charge in [-0.15, -0.1) is 0 Å². The SMILES string of the molecule is CCCCCCCCC(CCCC)C(C)(C)OCC1CO1. The zero-order valence-electron chi connectivity index (χ0n) is 15.0. The van der Waals surface area contributed by atoms with E-state index in [-0.39, 0.29) is 5.60 Å². The van der Waals surface area contributed by atoms with E-state index in [4.69, 9.17) is 9.47 Å². The summed E-state index contributed by atoms with van der Waals surface area (Å²) < 4.78 is 11.5. The first-order valence-corrected chi connectivity index (χ1v) is 9.35. The van der Waals surface area contributed by atoms with Gasteiger partial charge in [0, 0.05) is 0 Å². The number of ether oxygens (including phenoxy) is 2. The third-order valence-electron chi connectivity index (χ3n) is 4.84. The summed E-state index contributed by atoms with van der Waals surface area (Å²) in [5.41, 5.74) is 0.00450. The Morgan fingerprint density at radius 3 is 2.14 bits per heavy atom. The predicted octanol–water partition coefficient (Wildman–Crippen LogP) is 5.74. The van der Waals surface area contributed by atoms with Crippen molar-refractivity contribution in [2.24, 2.45) is 5.92 Å². The summed E-state index contributed by atoms with van der Waals surface area (Å²) in [5, 5.41) is 0. The van der Waals surface area contributed by atoms with Crippen molar-refractivity contribution in [1.29, 1.82) is 0 Å². The molecule has 0 aromatic rings. The molecule has 0 spiro atoms. The number of rotatable bonds is 14. The van der Waals surface area contributed by atoms with Crippen molar-refractivity contribution in [3.63, 3.8) is 0 Å². The summed E-state index contributed by atoms with van der Waals surface area (Å²) in [4.78, 5) is 0. The largest absolute Gasteiger partial charge is 0.373 e. The zero-order valence-corrected chi connectivity index (χ0v) is 15.0. The first kappa shape index (κ1) is 19.0. The third kappa shape index (κ3) is 8.83. The highest BCUT2D eigenvalue weighted by molar-refractivity contribution is 4.81. The smallest absolute Gasteiger partial charge is 0.104 e. The van der Waals surface area contributed by atoms with Crippen LogP contribution in [0.2, 0.25) is 0 Å². The molecule has 1 aliphatic rings. The van der Waals surface area contributed by atoms with Gasteiger partial charge >= 0.3 is 0 Å². The molecule has 0 aromatic carbocycles. The molecule has 2 unspecified atom stereocenters. The van der Waals surface area contributed by atoms with E-state index in [1.165, 1.54) is 64.2 Å². The molecule has 1 aliphatic heterocycles. The molecule has 0 N–H and O–H groups in total. The Balaban J connectivity index is 2.26. The molecule has 126 valence electrons. The molecule has 1 heterocycles. The van der Waals surface area contributed by atoms with E-state index < -0.39 is 0 Å². The maximum absolute atomic E-state index is 6.18. The lowest BCUT2D eigenvalue weighted by molar-refractivity contribution is -0.0708. The van der Waals surface area contributed by atoms with E-state index in [0.717, 1.165) is 13.2 Å². The van der Waals surface area contributed by atoms with Crippen molar-refractivity contribution < 1.29 is 9.47 Å². The predicted molar refractivity (Wildman–Crippen MR) is 90.8 cm³/mol. The molecule has 2 atom stereocenters. The monoisotopic (exact) mass is 298 g/mol. The third-order valence-corrected chi connectivity index (χ3v) is 4.84. The summed E-state index contributed by atoms with van der Waals surface area (Å²) in [6, 6.07) is 0. The summed E-state index contributed by atoms with van der Waals surface area (Å²) in [6.45, 7) is 10.8. The van der Waals surface area contributed by atoms with Crippen molar-refractivity contribution in [2.45, 2.75) is 104 Å². The van der Waals surface area contributed by atoms with Gasteiger partial charge in [-0.25, -0.2) is 0 Å². The van der Waals surface area contributed by atoms with Gasteiger partial charge in [0.1, 0.15) is 6.10 Å². The summed E-state index contributed by atoms with van der Waals surface area (Å²) in [6.07, 6.45) is 13.9. The lowest BCUT2D eigenvalue weighted by atomic mass is 9.82. The highest BCUT2D eigenvalue weighted by Crippen LogP contribution is 2.32. The zero-order chi connectivity index (χ0) is 15.6. The first-order chi connectivity index (χ1) is 10.1. The van der Waals surface area contributed by atoms with Crippen LogP contribution in [0.5, 0.6) is 0 Å². The van der Waals surface area contributed by atoms with Crippen LogP contribution < -0.4 is 0 Å². The van der Waals surface area contributed by atoms with Gasteiger partial charge in [-0.2, -0.15) is 0 Å². The second kappa shape index (κ2) is 10.6. The van der Waals surface area contributed by atoms with Crippen LogP contribution in [0.4, 0.5) is 0 Å². The molecule has 1 saturated heterocycles. The van der Waals surface area contributed by atoms with Gasteiger partial charge in [0.15, 0.2) is 0 Å². The molecule has 0 aromatic heterocycles. The number of hydrogen-bond donors (Lipinski definition) is 0. The molecular formula is C19H38O2. The van der Waals surface area contributed by atoms with Gasteiger partial charge in [0.05, 0.1) is 18.8 Å².